The average Bonchev–Trinajstić information content (AvgIpc) is 3.10. The Kier molecular flexibility index (Phi) is 2.93. The predicted molar refractivity (Wildman–Crippen MR) is 84.9 cm³/mol. The van der Waals surface area contributed by atoms with E-state index in [1.807, 2.05) is 15.9 Å². The number of carbonyl (C=O) groups is 2. The minimum atomic E-state index is -0.0423. The number of amides is 2. The van der Waals surface area contributed by atoms with Crippen LogP contribution in [0.25, 0.3) is 0 Å². The summed E-state index contributed by atoms with van der Waals surface area (Å²) in [5, 5.41) is 7.14. The molecule has 1 aliphatic carbocycles. The third-order valence-corrected chi connectivity index (χ3v) is 5.24. The molecule has 1 aromatic heterocycles. The second kappa shape index (κ2) is 4.58. The number of H-pyrrole nitrogens is 1. The molecule has 1 saturated carbocycles. The van der Waals surface area contributed by atoms with E-state index in [0.29, 0.717) is 17.5 Å². The molecule has 6 heteroatoms. The van der Waals surface area contributed by atoms with Gasteiger partial charge in [-0.05, 0) is 18.9 Å². The summed E-state index contributed by atoms with van der Waals surface area (Å²) in [5.41, 5.74) is 1.58. The molecular formula is C17H24N4O2. The molecule has 3 heterocycles. The Morgan fingerprint density at radius 1 is 1.17 bits per heavy atom. The number of carbonyl (C=O) groups excluding carboxylic acids is 2. The van der Waals surface area contributed by atoms with Gasteiger partial charge in [0.2, 0.25) is 5.91 Å². The highest BCUT2D eigenvalue weighted by molar-refractivity contribution is 5.93. The Morgan fingerprint density at radius 3 is 2.30 bits per heavy atom. The van der Waals surface area contributed by atoms with E-state index in [9.17, 15) is 9.59 Å². The highest BCUT2D eigenvalue weighted by Crippen LogP contribution is 2.43. The number of nitrogens with one attached hydrogen (secondary N) is 1. The average molecular weight is 316 g/mol. The number of nitrogens with zero attached hydrogens (tertiary/aromatic N) is 3. The first kappa shape index (κ1) is 14.7. The zero-order valence-electron chi connectivity index (χ0n) is 14.1. The molecule has 0 aromatic carbocycles. The molecule has 3 aliphatic rings. The summed E-state index contributed by atoms with van der Waals surface area (Å²) in [6.07, 6.45) is 2.12. The van der Waals surface area contributed by atoms with Gasteiger partial charge in [-0.25, -0.2) is 0 Å². The zero-order valence-corrected chi connectivity index (χ0v) is 14.1. The monoisotopic (exact) mass is 316 g/mol. The van der Waals surface area contributed by atoms with Crippen molar-refractivity contribution < 1.29 is 9.59 Å². The number of aromatic nitrogens is 2. The molecule has 2 aliphatic heterocycles. The molecule has 0 radical (unpaired) electrons. The van der Waals surface area contributed by atoms with Crippen molar-refractivity contribution in [2.75, 3.05) is 26.2 Å². The van der Waals surface area contributed by atoms with Crippen LogP contribution in [0.1, 0.15) is 49.8 Å². The fourth-order valence-corrected chi connectivity index (χ4v) is 3.59. The Labute approximate surface area is 136 Å². The maximum Gasteiger partial charge on any atom is 0.274 e. The van der Waals surface area contributed by atoms with Crippen molar-refractivity contribution in [3.8, 4) is 0 Å². The third-order valence-electron chi connectivity index (χ3n) is 5.24. The zero-order chi connectivity index (χ0) is 16.4. The first-order valence-electron chi connectivity index (χ1n) is 8.41. The SMILES string of the molecule is CC(C)(C)c1cc(C(=O)N2CC3(C2)CN(C(=O)C2CC2)C3)n[nH]1. The summed E-state index contributed by atoms with van der Waals surface area (Å²) >= 11 is 0. The topological polar surface area (TPSA) is 69.3 Å². The maximum absolute atomic E-state index is 12.5. The van der Waals surface area contributed by atoms with Gasteiger partial charge in [0.25, 0.3) is 5.91 Å². The van der Waals surface area contributed by atoms with Crippen LogP contribution in [-0.4, -0.2) is 58.0 Å². The van der Waals surface area contributed by atoms with Crippen molar-refractivity contribution in [2.24, 2.45) is 11.3 Å². The molecule has 2 amide bonds. The number of hydrogen-bond donors (Lipinski definition) is 1. The van der Waals surface area contributed by atoms with E-state index in [0.717, 1.165) is 44.7 Å². The standard InChI is InChI=1S/C17H24N4O2/c1-16(2,3)13-6-12(18-19-13)15(23)21-9-17(10-21)7-20(8-17)14(22)11-4-5-11/h6,11H,4-5,7-10H2,1-3H3,(H,18,19). The number of aromatic amines is 1. The van der Waals surface area contributed by atoms with Gasteiger partial charge in [0.15, 0.2) is 0 Å². The van der Waals surface area contributed by atoms with E-state index in [-0.39, 0.29) is 16.7 Å². The Bertz CT molecular complexity index is 654. The lowest BCUT2D eigenvalue weighted by atomic mass is 9.72. The minimum absolute atomic E-state index is 0.00524. The van der Waals surface area contributed by atoms with E-state index in [1.165, 1.54) is 0 Å². The lowest BCUT2D eigenvalue weighted by molar-refractivity contribution is -0.155. The van der Waals surface area contributed by atoms with Crippen LogP contribution in [0.4, 0.5) is 0 Å². The third kappa shape index (κ3) is 2.44. The smallest absolute Gasteiger partial charge is 0.274 e. The summed E-state index contributed by atoms with van der Waals surface area (Å²) in [4.78, 5) is 28.3. The number of rotatable bonds is 2. The van der Waals surface area contributed by atoms with Crippen LogP contribution >= 0.6 is 0 Å². The van der Waals surface area contributed by atoms with E-state index >= 15 is 0 Å². The molecular weight excluding hydrogens is 292 g/mol. The fourth-order valence-electron chi connectivity index (χ4n) is 3.59. The van der Waals surface area contributed by atoms with Gasteiger partial charge in [0.1, 0.15) is 5.69 Å². The van der Waals surface area contributed by atoms with Crippen LogP contribution < -0.4 is 0 Å². The summed E-state index contributed by atoms with van der Waals surface area (Å²) in [6, 6.07) is 1.86. The molecule has 0 unspecified atom stereocenters. The molecule has 1 aromatic rings. The van der Waals surface area contributed by atoms with Gasteiger partial charge in [-0.2, -0.15) is 5.10 Å². The summed E-state index contributed by atoms with van der Waals surface area (Å²) in [7, 11) is 0. The van der Waals surface area contributed by atoms with Gasteiger partial charge < -0.3 is 9.80 Å². The van der Waals surface area contributed by atoms with Crippen LogP contribution in [0.2, 0.25) is 0 Å². The van der Waals surface area contributed by atoms with E-state index in [4.69, 9.17) is 0 Å². The molecule has 1 spiro atoms. The Hall–Kier alpha value is -1.85. The molecule has 0 atom stereocenters. The van der Waals surface area contributed by atoms with Crippen molar-refractivity contribution >= 4 is 11.8 Å². The van der Waals surface area contributed by atoms with Crippen molar-refractivity contribution in [1.29, 1.82) is 0 Å². The first-order chi connectivity index (χ1) is 10.8. The largest absolute Gasteiger partial charge is 0.341 e. The lowest BCUT2D eigenvalue weighted by Gasteiger charge is -2.60. The van der Waals surface area contributed by atoms with Crippen molar-refractivity contribution in [2.45, 2.75) is 39.0 Å². The Morgan fingerprint density at radius 2 is 1.78 bits per heavy atom. The quantitative estimate of drug-likeness (QED) is 0.897. The van der Waals surface area contributed by atoms with Crippen LogP contribution in [0, 0.1) is 11.3 Å². The van der Waals surface area contributed by atoms with Gasteiger partial charge in [0.05, 0.1) is 0 Å². The van der Waals surface area contributed by atoms with Crippen molar-refractivity contribution in [3.63, 3.8) is 0 Å². The van der Waals surface area contributed by atoms with Gasteiger partial charge in [-0.15, -0.1) is 0 Å². The van der Waals surface area contributed by atoms with E-state index < -0.39 is 0 Å². The normalized spacial score (nSPS) is 22.7. The molecule has 0 bridgehead atoms. The Balaban J connectivity index is 1.33. The molecule has 23 heavy (non-hydrogen) atoms. The first-order valence-corrected chi connectivity index (χ1v) is 8.41. The van der Waals surface area contributed by atoms with Gasteiger partial charge in [-0.3, -0.25) is 14.7 Å². The van der Waals surface area contributed by atoms with Gasteiger partial charge in [-0.1, -0.05) is 20.8 Å². The fraction of sp³-hybridized carbons (Fsp3) is 0.706. The highest BCUT2D eigenvalue weighted by atomic mass is 16.2. The highest BCUT2D eigenvalue weighted by Gasteiger charge is 2.55. The molecule has 3 fully saturated rings. The number of likely N-dealkylation sites (tertiary alicyclic amines) is 2. The van der Waals surface area contributed by atoms with Gasteiger partial charge >= 0.3 is 0 Å². The van der Waals surface area contributed by atoms with Crippen molar-refractivity contribution in [3.05, 3.63) is 17.5 Å². The molecule has 124 valence electrons. The molecule has 2 saturated heterocycles. The second-order valence-electron chi connectivity index (χ2n) is 8.55. The van der Waals surface area contributed by atoms with E-state index in [1.54, 1.807) is 0 Å². The van der Waals surface area contributed by atoms with Crippen LogP contribution in [0.15, 0.2) is 6.07 Å². The summed E-state index contributed by atoms with van der Waals surface area (Å²) in [6.45, 7) is 9.41. The minimum Gasteiger partial charge on any atom is -0.341 e. The lowest BCUT2D eigenvalue weighted by Crippen LogP contribution is -2.73. The molecule has 4 rings (SSSR count). The van der Waals surface area contributed by atoms with Crippen LogP contribution in [0.5, 0.6) is 0 Å². The van der Waals surface area contributed by atoms with E-state index in [2.05, 4.69) is 31.0 Å². The predicted octanol–water partition coefficient (Wildman–Crippen LogP) is 1.40. The second-order valence-corrected chi connectivity index (χ2v) is 8.55. The summed E-state index contributed by atoms with van der Waals surface area (Å²) < 4.78 is 0. The van der Waals surface area contributed by atoms with Crippen LogP contribution in [-0.2, 0) is 10.2 Å². The summed E-state index contributed by atoms with van der Waals surface area (Å²) in [5.74, 6) is 0.613. The molecule has 1 N–H and O–H groups in total. The van der Waals surface area contributed by atoms with Gasteiger partial charge in [0, 0.05) is 48.6 Å². The number of hydrogen-bond acceptors (Lipinski definition) is 3. The van der Waals surface area contributed by atoms with Crippen molar-refractivity contribution in [1.82, 2.24) is 20.0 Å². The molecule has 6 nitrogen and oxygen atoms in total. The maximum atomic E-state index is 12.5. The van der Waals surface area contributed by atoms with Crippen LogP contribution in [0.3, 0.4) is 0 Å².